The Hall–Kier alpha value is -5.55. The lowest BCUT2D eigenvalue weighted by Crippen LogP contribution is -2.51. The summed E-state index contributed by atoms with van der Waals surface area (Å²) in [4.78, 5) is 49.9. The molecule has 6 N–H and O–H groups in total. The van der Waals surface area contributed by atoms with Gasteiger partial charge < -0.3 is 45.9 Å². The first kappa shape index (κ1) is 38.3. The molecule has 0 aliphatic carbocycles. The molecule has 51 heavy (non-hydrogen) atoms. The molecular weight excluding hydrogens is 677 g/mol. The van der Waals surface area contributed by atoms with Crippen molar-refractivity contribution in [3.63, 3.8) is 0 Å². The molecule has 6 bridgehead atoms. The van der Waals surface area contributed by atoms with Crippen LogP contribution in [0.1, 0.15) is 62.4 Å². The number of ether oxygens (including phenoxy) is 4. The van der Waals surface area contributed by atoms with Gasteiger partial charge in [0.15, 0.2) is 6.61 Å². The van der Waals surface area contributed by atoms with Crippen molar-refractivity contribution in [3.05, 3.63) is 53.6 Å². The number of carbonyl (C=O) groups is 3. The summed E-state index contributed by atoms with van der Waals surface area (Å²) in [5.74, 6) is -1.07. The minimum absolute atomic E-state index is 0.0348. The van der Waals surface area contributed by atoms with Gasteiger partial charge in [0.2, 0.25) is 17.8 Å². The highest BCUT2D eigenvalue weighted by molar-refractivity contribution is 6.00. The maximum absolute atomic E-state index is 13.4. The Labute approximate surface area is 292 Å². The van der Waals surface area contributed by atoms with Crippen molar-refractivity contribution in [3.8, 4) is 17.5 Å². The summed E-state index contributed by atoms with van der Waals surface area (Å²) in [6.07, 6.45) is -2.32. The summed E-state index contributed by atoms with van der Waals surface area (Å²) in [6.45, 7) is 4.00. The van der Waals surface area contributed by atoms with Crippen LogP contribution in [0.25, 0.3) is 0 Å². The fraction of sp³-hybridized carbons (Fsp3) is 0.455. The highest BCUT2D eigenvalue weighted by Crippen LogP contribution is 2.27. The molecule has 3 heterocycles. The van der Waals surface area contributed by atoms with E-state index in [4.69, 9.17) is 24.7 Å². The standard InChI is InChI=1S/C33H41F3N8O7/c1-32(2,3)51-31(47)39-18-24(26(37)45)41-27(46)23-13-10-21-16-25(23)49-15-7-5-4-6-14-48-22-11-8-20(9-12-22)17-38-28-42-29(40-21)44-30(43-28)50-19-33(34,35)36/h8-13,16,24H,4-7,14-15,17-19H2,1-3H3,(H2,37,45)(H,39,47)(H,41,46)(H2,38,40,42,43,44)/t24-/m0/s1. The Morgan fingerprint density at radius 3 is 2.29 bits per heavy atom. The number of alkyl halides is 3. The van der Waals surface area contributed by atoms with Crippen molar-refractivity contribution in [2.45, 2.75) is 70.8 Å². The number of fused-ring (bicyclic) bond motifs is 10. The second-order valence-corrected chi connectivity index (χ2v) is 12.4. The third kappa shape index (κ3) is 13.4. The van der Waals surface area contributed by atoms with Crippen LogP contribution in [0.4, 0.5) is 35.5 Å². The van der Waals surface area contributed by atoms with Crippen molar-refractivity contribution in [2.75, 3.05) is 37.0 Å². The van der Waals surface area contributed by atoms with Gasteiger partial charge in [-0.15, -0.1) is 0 Å². The number of hydrogen-bond donors (Lipinski definition) is 5. The van der Waals surface area contributed by atoms with Crippen LogP contribution in [0, 0.1) is 0 Å². The number of benzene rings is 2. The average Bonchev–Trinajstić information content (AvgIpc) is 3.05. The second-order valence-electron chi connectivity index (χ2n) is 12.4. The van der Waals surface area contributed by atoms with Crippen molar-refractivity contribution in [1.29, 1.82) is 0 Å². The lowest BCUT2D eigenvalue weighted by atomic mass is 10.1. The van der Waals surface area contributed by atoms with E-state index in [0.717, 1.165) is 24.8 Å². The SMILES string of the molecule is CC(C)(C)OC(=O)NC[C@H](NC(=O)c1ccc2cc1OCCCCCCOc1ccc(cc1)CNc1nc(nc(OCC(F)(F)F)n1)N2)C(N)=O. The van der Waals surface area contributed by atoms with Gasteiger partial charge in [-0.2, -0.15) is 28.1 Å². The lowest BCUT2D eigenvalue weighted by molar-refractivity contribution is -0.154. The highest BCUT2D eigenvalue weighted by Gasteiger charge is 2.29. The Balaban J connectivity index is 1.59. The minimum atomic E-state index is -4.64. The number of aromatic nitrogens is 3. The molecule has 0 unspecified atom stereocenters. The molecule has 2 aliphatic rings. The number of primary amides is 1. The maximum Gasteiger partial charge on any atom is 0.422 e. The molecule has 5 rings (SSSR count). The van der Waals surface area contributed by atoms with E-state index in [2.05, 4.69) is 36.2 Å². The number of hydrogen-bond acceptors (Lipinski definition) is 12. The molecule has 3 aromatic rings. The molecule has 0 fully saturated rings. The zero-order valence-electron chi connectivity index (χ0n) is 28.4. The van der Waals surface area contributed by atoms with Crippen molar-refractivity contribution >= 4 is 35.5 Å². The van der Waals surface area contributed by atoms with Gasteiger partial charge in [-0.3, -0.25) is 9.59 Å². The first-order chi connectivity index (χ1) is 24.1. The minimum Gasteiger partial charge on any atom is -0.494 e. The molecule has 18 heteroatoms. The van der Waals surface area contributed by atoms with E-state index >= 15 is 0 Å². The number of nitrogens with two attached hydrogens (primary N) is 1. The van der Waals surface area contributed by atoms with E-state index in [-0.39, 0.29) is 42.9 Å². The zero-order valence-corrected chi connectivity index (χ0v) is 28.4. The molecule has 276 valence electrons. The molecule has 2 aliphatic heterocycles. The molecular formula is C33H41F3N8O7. The van der Waals surface area contributed by atoms with Crippen molar-refractivity contribution < 1.29 is 46.5 Å². The Morgan fingerprint density at radius 2 is 1.63 bits per heavy atom. The lowest BCUT2D eigenvalue weighted by Gasteiger charge is -2.22. The predicted octanol–water partition coefficient (Wildman–Crippen LogP) is 4.61. The third-order valence-electron chi connectivity index (χ3n) is 6.90. The smallest absolute Gasteiger partial charge is 0.422 e. The van der Waals surface area contributed by atoms with Crippen LogP contribution in [-0.4, -0.2) is 77.0 Å². The molecule has 0 spiro atoms. The van der Waals surface area contributed by atoms with Gasteiger partial charge in [-0.1, -0.05) is 12.1 Å². The molecule has 0 radical (unpaired) electrons. The van der Waals surface area contributed by atoms with Gasteiger partial charge in [0, 0.05) is 18.3 Å². The highest BCUT2D eigenvalue weighted by atomic mass is 19.4. The van der Waals surface area contributed by atoms with Crippen molar-refractivity contribution in [1.82, 2.24) is 25.6 Å². The zero-order chi connectivity index (χ0) is 37.0. The van der Waals surface area contributed by atoms with Gasteiger partial charge in [0.25, 0.3) is 5.91 Å². The normalized spacial score (nSPS) is 14.5. The van der Waals surface area contributed by atoms with Gasteiger partial charge in [-0.05, 0) is 76.3 Å². The fourth-order valence-electron chi connectivity index (χ4n) is 4.51. The summed E-state index contributed by atoms with van der Waals surface area (Å²) in [5, 5.41) is 10.8. The number of alkyl carbamates (subject to hydrolysis) is 1. The quantitative estimate of drug-likeness (QED) is 0.228. The van der Waals surface area contributed by atoms with E-state index in [9.17, 15) is 27.6 Å². The van der Waals surface area contributed by atoms with E-state index in [1.807, 2.05) is 24.3 Å². The number of anilines is 3. The Kier molecular flexibility index (Phi) is 13.1. The van der Waals surface area contributed by atoms with E-state index < -0.39 is 48.3 Å². The number of nitrogens with zero attached hydrogens (tertiary/aromatic N) is 3. The summed E-state index contributed by atoms with van der Waals surface area (Å²) >= 11 is 0. The predicted molar refractivity (Wildman–Crippen MR) is 179 cm³/mol. The summed E-state index contributed by atoms with van der Waals surface area (Å²) in [5.41, 5.74) is 5.88. The Morgan fingerprint density at radius 1 is 0.941 bits per heavy atom. The summed E-state index contributed by atoms with van der Waals surface area (Å²) in [6, 6.07) is 9.78. The number of halogens is 3. The number of rotatable bonds is 7. The van der Waals surface area contributed by atoms with Crippen molar-refractivity contribution in [2.24, 2.45) is 5.73 Å². The van der Waals surface area contributed by atoms with Crippen LogP contribution < -0.4 is 41.2 Å². The topological polar surface area (TPSA) is 201 Å². The molecule has 0 saturated carbocycles. The van der Waals surface area contributed by atoms with Crippen LogP contribution in [0.5, 0.6) is 17.5 Å². The van der Waals surface area contributed by atoms with E-state index in [1.165, 1.54) is 18.2 Å². The first-order valence-corrected chi connectivity index (χ1v) is 16.2. The van der Waals surface area contributed by atoms with Crippen LogP contribution in [0.15, 0.2) is 42.5 Å². The van der Waals surface area contributed by atoms with Gasteiger partial charge in [0.05, 0.1) is 25.3 Å². The average molecular weight is 719 g/mol. The molecule has 0 saturated heterocycles. The maximum atomic E-state index is 13.4. The molecule has 15 nitrogen and oxygen atoms in total. The fourth-order valence-corrected chi connectivity index (χ4v) is 4.51. The van der Waals surface area contributed by atoms with Crippen LogP contribution in [0.3, 0.4) is 0 Å². The van der Waals surface area contributed by atoms with Gasteiger partial charge >= 0.3 is 18.3 Å². The second kappa shape index (κ2) is 17.4. The van der Waals surface area contributed by atoms with Crippen LogP contribution in [0.2, 0.25) is 0 Å². The largest absolute Gasteiger partial charge is 0.494 e. The Bertz CT molecular complexity index is 1650. The summed E-state index contributed by atoms with van der Waals surface area (Å²) in [7, 11) is 0. The van der Waals surface area contributed by atoms with E-state index in [1.54, 1.807) is 20.8 Å². The van der Waals surface area contributed by atoms with Gasteiger partial charge in [0.1, 0.15) is 23.1 Å². The monoisotopic (exact) mass is 718 g/mol. The van der Waals surface area contributed by atoms with Crippen LogP contribution in [-0.2, 0) is 16.1 Å². The molecule has 3 amide bonds. The van der Waals surface area contributed by atoms with Gasteiger partial charge in [-0.25, -0.2) is 4.79 Å². The molecule has 2 aromatic carbocycles. The van der Waals surface area contributed by atoms with Crippen LogP contribution >= 0.6 is 0 Å². The number of carbonyl (C=O) groups excluding carboxylic acids is 3. The number of nitrogens with one attached hydrogen (secondary N) is 4. The summed E-state index contributed by atoms with van der Waals surface area (Å²) < 4.78 is 60.7. The molecule has 1 aromatic heterocycles. The van der Waals surface area contributed by atoms with E-state index in [0.29, 0.717) is 24.5 Å². The number of amides is 3. The first-order valence-electron chi connectivity index (χ1n) is 16.2. The molecule has 1 atom stereocenters. The third-order valence-corrected chi connectivity index (χ3v) is 6.90.